The minimum atomic E-state index is -1.09. The monoisotopic (exact) mass is 571 g/mol. The molecule has 1 aliphatic carbocycles. The molecular formula is C32H37N5O5. The van der Waals surface area contributed by atoms with E-state index in [4.69, 9.17) is 14.7 Å². The van der Waals surface area contributed by atoms with Crippen LogP contribution in [0.25, 0.3) is 11.0 Å². The summed E-state index contributed by atoms with van der Waals surface area (Å²) >= 11 is 0. The molecular weight excluding hydrogens is 534 g/mol. The number of amides is 1. The first kappa shape index (κ1) is 29.2. The molecule has 0 spiro atoms. The normalized spacial score (nSPS) is 15.0. The van der Waals surface area contributed by atoms with Crippen LogP contribution in [-0.2, 0) is 37.4 Å². The predicted molar refractivity (Wildman–Crippen MR) is 158 cm³/mol. The second kappa shape index (κ2) is 12.3. The maximum atomic E-state index is 12.5. The number of hydrogen-bond donors (Lipinski definition) is 3. The number of nitrogens with zero attached hydrogens (tertiary/aromatic N) is 4. The Bertz CT molecular complexity index is 1590. The van der Waals surface area contributed by atoms with Gasteiger partial charge in [-0.1, -0.05) is 36.4 Å². The molecule has 0 radical (unpaired) electrons. The van der Waals surface area contributed by atoms with Gasteiger partial charge in [0.25, 0.3) is 0 Å². The van der Waals surface area contributed by atoms with Crippen LogP contribution < -0.4 is 5.32 Å². The fourth-order valence-electron chi connectivity index (χ4n) is 5.59. The van der Waals surface area contributed by atoms with Gasteiger partial charge < -0.3 is 20.3 Å². The number of fused-ring (bicyclic) bond motifs is 2. The molecule has 42 heavy (non-hydrogen) atoms. The van der Waals surface area contributed by atoms with E-state index in [1.54, 1.807) is 18.3 Å². The molecule has 3 N–H and O–H groups in total. The molecule has 10 nitrogen and oxygen atoms in total. The Labute approximate surface area is 245 Å². The number of ether oxygens (including phenoxy) is 1. The number of hydrogen-bond acceptors (Lipinski definition) is 7. The molecule has 1 amide bonds. The van der Waals surface area contributed by atoms with Gasteiger partial charge in [-0.25, -0.2) is 19.1 Å². The summed E-state index contributed by atoms with van der Waals surface area (Å²) in [5.41, 5.74) is 5.20. The molecule has 0 aliphatic heterocycles. The maximum Gasteiger partial charge on any atom is 0.417 e. The highest BCUT2D eigenvalue weighted by Gasteiger charge is 2.30. The smallest absolute Gasteiger partial charge is 0.417 e. The topological polar surface area (TPSA) is 130 Å². The van der Waals surface area contributed by atoms with E-state index in [2.05, 4.69) is 16.3 Å². The summed E-state index contributed by atoms with van der Waals surface area (Å²) in [5, 5.41) is 22.8. The maximum absolute atomic E-state index is 12.5. The van der Waals surface area contributed by atoms with E-state index < -0.39 is 17.8 Å². The minimum Gasteiger partial charge on any atom is -0.464 e. The summed E-state index contributed by atoms with van der Waals surface area (Å²) in [6, 6.07) is 16.9. The Balaban J connectivity index is 1.52. The van der Waals surface area contributed by atoms with Gasteiger partial charge in [-0.15, -0.1) is 0 Å². The standard InChI is InChI=1S/C32H37N5O5/c1-32(2,3)42-30(39)34-17-24-16-21(20-38)13-14-23(24)18-36(27-12-6-8-22-9-7-15-33-29(22)27)19-28-35-25-10-4-5-11-26(25)37(28)31(40)41/h4-5,7,9-11,13-16,27,38H,6,8,12,17-20H2,1-3H3,(H,34,39)(H,40,41). The zero-order valence-corrected chi connectivity index (χ0v) is 24.2. The molecule has 0 saturated heterocycles. The van der Waals surface area contributed by atoms with Gasteiger partial charge in [0.1, 0.15) is 11.4 Å². The van der Waals surface area contributed by atoms with Crippen LogP contribution in [0, 0.1) is 0 Å². The van der Waals surface area contributed by atoms with Crippen LogP contribution in [0.5, 0.6) is 0 Å². The molecule has 1 atom stereocenters. The van der Waals surface area contributed by atoms with Gasteiger partial charge in [0.2, 0.25) is 0 Å². The van der Waals surface area contributed by atoms with Gasteiger partial charge in [-0.3, -0.25) is 9.88 Å². The highest BCUT2D eigenvalue weighted by molar-refractivity contribution is 5.86. The summed E-state index contributed by atoms with van der Waals surface area (Å²) in [5.74, 6) is 0.423. The van der Waals surface area contributed by atoms with Crippen LogP contribution in [0.3, 0.4) is 0 Å². The number of carbonyl (C=O) groups excluding carboxylic acids is 1. The SMILES string of the molecule is CC(C)(C)OC(=O)NCc1cc(CO)ccc1CN(Cc1nc2ccccc2n1C(=O)O)C1CCCc2cccnc21. The van der Waals surface area contributed by atoms with Crippen molar-refractivity contribution >= 4 is 23.2 Å². The van der Waals surface area contributed by atoms with Crippen molar-refractivity contribution in [3.63, 3.8) is 0 Å². The molecule has 220 valence electrons. The minimum absolute atomic E-state index is 0.0683. The Morgan fingerprint density at radius 3 is 2.67 bits per heavy atom. The fourth-order valence-corrected chi connectivity index (χ4v) is 5.59. The van der Waals surface area contributed by atoms with E-state index in [-0.39, 0.29) is 25.7 Å². The summed E-state index contributed by atoms with van der Waals surface area (Å²) in [7, 11) is 0. The highest BCUT2D eigenvalue weighted by Crippen LogP contribution is 2.35. The van der Waals surface area contributed by atoms with Crippen LogP contribution in [-0.4, -0.2) is 47.4 Å². The number of carboxylic acid groups (broad SMARTS) is 1. The number of alkyl carbamates (subject to hydrolysis) is 1. The first-order valence-electron chi connectivity index (χ1n) is 14.2. The van der Waals surface area contributed by atoms with Crippen LogP contribution in [0.15, 0.2) is 60.8 Å². The van der Waals surface area contributed by atoms with Crippen molar-refractivity contribution < 1.29 is 24.5 Å². The third kappa shape index (κ3) is 6.61. The number of aliphatic hydroxyl groups is 1. The zero-order chi connectivity index (χ0) is 29.9. The van der Waals surface area contributed by atoms with Gasteiger partial charge in [-0.2, -0.15) is 0 Å². The molecule has 0 bridgehead atoms. The summed E-state index contributed by atoms with van der Waals surface area (Å²) < 4.78 is 6.68. The lowest BCUT2D eigenvalue weighted by Gasteiger charge is -2.35. The van der Waals surface area contributed by atoms with E-state index in [9.17, 15) is 19.8 Å². The molecule has 0 fully saturated rings. The lowest BCUT2D eigenvalue weighted by molar-refractivity contribution is 0.0523. The van der Waals surface area contributed by atoms with Crippen molar-refractivity contribution in [2.45, 2.75) is 77.9 Å². The van der Waals surface area contributed by atoms with Crippen molar-refractivity contribution in [1.82, 2.24) is 24.8 Å². The van der Waals surface area contributed by atoms with Crippen molar-refractivity contribution in [2.75, 3.05) is 0 Å². The predicted octanol–water partition coefficient (Wildman–Crippen LogP) is 5.55. The molecule has 0 saturated carbocycles. The third-order valence-corrected chi connectivity index (χ3v) is 7.42. The van der Waals surface area contributed by atoms with E-state index in [0.29, 0.717) is 23.4 Å². The van der Waals surface area contributed by atoms with E-state index in [1.165, 1.54) is 10.1 Å². The molecule has 1 aliphatic rings. The second-order valence-electron chi connectivity index (χ2n) is 11.6. The van der Waals surface area contributed by atoms with Crippen molar-refractivity contribution in [1.29, 1.82) is 0 Å². The first-order valence-corrected chi connectivity index (χ1v) is 14.2. The number of rotatable bonds is 8. The fraction of sp³-hybridized carbons (Fsp3) is 0.375. The molecule has 5 rings (SSSR count). The number of aromatic nitrogens is 3. The summed E-state index contributed by atoms with van der Waals surface area (Å²) in [6.45, 7) is 6.21. The molecule has 2 heterocycles. The van der Waals surface area contributed by atoms with Gasteiger partial charge in [-0.05, 0) is 80.5 Å². The van der Waals surface area contributed by atoms with Crippen molar-refractivity contribution in [3.8, 4) is 0 Å². The number of benzene rings is 2. The Kier molecular flexibility index (Phi) is 8.56. The van der Waals surface area contributed by atoms with Crippen LogP contribution >= 0.6 is 0 Å². The highest BCUT2D eigenvalue weighted by atomic mass is 16.6. The number of para-hydroxylation sites is 2. The number of aliphatic hydroxyl groups excluding tert-OH is 1. The third-order valence-electron chi connectivity index (χ3n) is 7.42. The number of aryl methyl sites for hydroxylation is 1. The second-order valence-corrected chi connectivity index (χ2v) is 11.6. The number of carbonyl (C=O) groups is 2. The van der Waals surface area contributed by atoms with E-state index in [1.807, 2.05) is 57.2 Å². The Morgan fingerprint density at radius 1 is 1.10 bits per heavy atom. The molecule has 2 aromatic heterocycles. The van der Waals surface area contributed by atoms with Crippen molar-refractivity contribution in [3.05, 3.63) is 94.6 Å². The number of nitrogens with one attached hydrogen (secondary N) is 1. The van der Waals surface area contributed by atoms with E-state index in [0.717, 1.165) is 41.6 Å². The Morgan fingerprint density at radius 2 is 1.90 bits per heavy atom. The van der Waals surface area contributed by atoms with E-state index >= 15 is 0 Å². The van der Waals surface area contributed by atoms with Gasteiger partial charge in [0, 0.05) is 19.3 Å². The van der Waals surface area contributed by atoms with Crippen LogP contribution in [0.4, 0.5) is 9.59 Å². The Hall–Kier alpha value is -4.28. The van der Waals surface area contributed by atoms with Crippen molar-refractivity contribution in [2.24, 2.45) is 0 Å². The average Bonchev–Trinajstić information content (AvgIpc) is 3.33. The number of pyridine rings is 1. The summed E-state index contributed by atoms with van der Waals surface area (Å²) in [6.07, 6.45) is 2.96. The number of imidazole rings is 1. The summed E-state index contributed by atoms with van der Waals surface area (Å²) in [4.78, 5) is 36.6. The average molecular weight is 572 g/mol. The molecule has 10 heteroatoms. The van der Waals surface area contributed by atoms with Gasteiger partial charge >= 0.3 is 12.2 Å². The lowest BCUT2D eigenvalue weighted by Crippen LogP contribution is -2.34. The quantitative estimate of drug-likeness (QED) is 0.251. The van der Waals surface area contributed by atoms with Crippen LogP contribution in [0.2, 0.25) is 0 Å². The first-order chi connectivity index (χ1) is 20.1. The molecule has 1 unspecified atom stereocenters. The van der Waals surface area contributed by atoms with Gasteiger partial charge in [0.05, 0.1) is 35.9 Å². The molecule has 2 aromatic carbocycles. The zero-order valence-electron chi connectivity index (χ0n) is 24.2. The van der Waals surface area contributed by atoms with Crippen LogP contribution in [0.1, 0.15) is 73.4 Å². The van der Waals surface area contributed by atoms with Gasteiger partial charge in [0.15, 0.2) is 0 Å². The largest absolute Gasteiger partial charge is 0.464 e. The molecule has 4 aromatic rings. The lowest BCUT2D eigenvalue weighted by atomic mass is 9.90.